The van der Waals surface area contributed by atoms with Crippen molar-refractivity contribution in [2.45, 2.75) is 13.0 Å². The number of aromatic amines is 1. The summed E-state index contributed by atoms with van der Waals surface area (Å²) in [5.74, 6) is 0.769. The van der Waals surface area contributed by atoms with Crippen molar-refractivity contribution in [2.75, 3.05) is 13.1 Å². The Morgan fingerprint density at radius 1 is 1.04 bits per heavy atom. The van der Waals surface area contributed by atoms with Crippen LogP contribution in [0.25, 0.3) is 16.5 Å². The summed E-state index contributed by atoms with van der Waals surface area (Å²) >= 11 is 0. The van der Waals surface area contributed by atoms with Gasteiger partial charge in [0.2, 0.25) is 0 Å². The van der Waals surface area contributed by atoms with E-state index >= 15 is 0 Å². The third kappa shape index (κ3) is 3.01. The number of H-pyrrole nitrogens is 1. The largest absolute Gasteiger partial charge is 0.325 e. The molecule has 3 aromatic rings. The highest BCUT2D eigenvalue weighted by molar-refractivity contribution is 5.77. The van der Waals surface area contributed by atoms with Crippen LogP contribution in [0.1, 0.15) is 17.8 Å². The Morgan fingerprint density at radius 2 is 1.83 bits per heavy atom. The van der Waals surface area contributed by atoms with Gasteiger partial charge in [-0.15, -0.1) is 0 Å². The van der Waals surface area contributed by atoms with E-state index in [1.165, 1.54) is 16.0 Å². The summed E-state index contributed by atoms with van der Waals surface area (Å²) in [6.07, 6.45) is 3.37. The Labute approximate surface area is 140 Å². The minimum atomic E-state index is -0.0486. The SMILES string of the molecule is O=c1[nH]c(C[NH+]2CC=C(c3ccccc3)CC2)nc2ccccc12. The summed E-state index contributed by atoms with van der Waals surface area (Å²) in [6, 6.07) is 18.0. The van der Waals surface area contributed by atoms with Gasteiger partial charge in [0.25, 0.3) is 5.56 Å². The zero-order valence-electron chi connectivity index (χ0n) is 13.5. The summed E-state index contributed by atoms with van der Waals surface area (Å²) < 4.78 is 0. The molecule has 1 aromatic heterocycles. The Kier molecular flexibility index (Phi) is 3.97. The molecule has 0 aliphatic carbocycles. The molecule has 120 valence electrons. The van der Waals surface area contributed by atoms with E-state index < -0.39 is 0 Å². The first kappa shape index (κ1) is 14.8. The fourth-order valence-corrected chi connectivity index (χ4v) is 3.31. The number of hydrogen-bond acceptors (Lipinski definition) is 2. The number of hydrogen-bond donors (Lipinski definition) is 2. The number of para-hydroxylation sites is 1. The quantitative estimate of drug-likeness (QED) is 0.774. The maximum Gasteiger partial charge on any atom is 0.258 e. The van der Waals surface area contributed by atoms with Gasteiger partial charge in [-0.05, 0) is 29.3 Å². The summed E-state index contributed by atoms with van der Waals surface area (Å²) in [6.45, 7) is 2.76. The molecular weight excluding hydrogens is 298 g/mol. The van der Waals surface area contributed by atoms with Crippen LogP contribution in [0.4, 0.5) is 0 Å². The molecule has 2 N–H and O–H groups in total. The summed E-state index contributed by atoms with van der Waals surface area (Å²) in [5, 5.41) is 0.654. The van der Waals surface area contributed by atoms with E-state index in [0.717, 1.165) is 37.4 Å². The maximum absolute atomic E-state index is 12.2. The number of fused-ring (bicyclic) bond motifs is 1. The fraction of sp³-hybridized carbons (Fsp3) is 0.200. The summed E-state index contributed by atoms with van der Waals surface area (Å²) in [4.78, 5) is 21.1. The van der Waals surface area contributed by atoms with Crippen LogP contribution < -0.4 is 10.5 Å². The second kappa shape index (κ2) is 6.42. The van der Waals surface area contributed by atoms with E-state index in [2.05, 4.69) is 40.3 Å². The molecular formula is C20H20N3O+. The van der Waals surface area contributed by atoms with Gasteiger partial charge in [-0.3, -0.25) is 4.79 Å². The Balaban J connectivity index is 1.51. The molecule has 1 aliphatic heterocycles. The first-order valence-corrected chi connectivity index (χ1v) is 8.35. The van der Waals surface area contributed by atoms with Crippen molar-refractivity contribution in [1.29, 1.82) is 0 Å². The van der Waals surface area contributed by atoms with Crippen molar-refractivity contribution < 1.29 is 4.90 Å². The molecule has 0 bridgehead atoms. The average molecular weight is 318 g/mol. The number of nitrogens with zero attached hydrogens (tertiary/aromatic N) is 1. The zero-order valence-corrected chi connectivity index (χ0v) is 13.5. The predicted molar refractivity (Wildman–Crippen MR) is 95.8 cm³/mol. The average Bonchev–Trinajstić information content (AvgIpc) is 2.63. The van der Waals surface area contributed by atoms with E-state index in [9.17, 15) is 4.79 Å². The zero-order chi connectivity index (χ0) is 16.4. The van der Waals surface area contributed by atoms with Crippen LogP contribution in [0.2, 0.25) is 0 Å². The molecule has 0 saturated heterocycles. The first-order chi connectivity index (χ1) is 11.8. The molecule has 0 amide bonds. The van der Waals surface area contributed by atoms with Crippen LogP contribution in [-0.4, -0.2) is 23.1 Å². The highest BCUT2D eigenvalue weighted by atomic mass is 16.1. The van der Waals surface area contributed by atoms with Crippen molar-refractivity contribution in [3.63, 3.8) is 0 Å². The Hall–Kier alpha value is -2.72. The highest BCUT2D eigenvalue weighted by Crippen LogP contribution is 2.17. The van der Waals surface area contributed by atoms with E-state index in [1.807, 2.05) is 30.3 Å². The predicted octanol–water partition coefficient (Wildman–Crippen LogP) is 1.80. The van der Waals surface area contributed by atoms with Gasteiger partial charge < -0.3 is 9.88 Å². The van der Waals surface area contributed by atoms with Crippen LogP contribution in [0.3, 0.4) is 0 Å². The fourth-order valence-electron chi connectivity index (χ4n) is 3.31. The molecule has 4 rings (SSSR count). The number of rotatable bonds is 3. The lowest BCUT2D eigenvalue weighted by molar-refractivity contribution is -0.909. The summed E-state index contributed by atoms with van der Waals surface area (Å²) in [5.41, 5.74) is 3.45. The molecule has 24 heavy (non-hydrogen) atoms. The number of nitrogens with one attached hydrogen (secondary N) is 2. The molecule has 0 fully saturated rings. The molecule has 1 unspecified atom stereocenters. The van der Waals surface area contributed by atoms with Crippen molar-refractivity contribution in [3.8, 4) is 0 Å². The van der Waals surface area contributed by atoms with Gasteiger partial charge in [0.1, 0.15) is 6.54 Å². The molecule has 4 heteroatoms. The molecule has 0 spiro atoms. The molecule has 0 radical (unpaired) electrons. The lowest BCUT2D eigenvalue weighted by Crippen LogP contribution is -3.11. The Bertz CT molecular complexity index is 944. The van der Waals surface area contributed by atoms with Crippen molar-refractivity contribution in [3.05, 3.63) is 82.4 Å². The minimum Gasteiger partial charge on any atom is -0.325 e. The smallest absolute Gasteiger partial charge is 0.258 e. The molecule has 1 atom stereocenters. The van der Waals surface area contributed by atoms with Crippen molar-refractivity contribution in [2.24, 2.45) is 0 Å². The first-order valence-electron chi connectivity index (χ1n) is 8.35. The standard InChI is InChI=1S/C20H19N3O/c24-20-17-8-4-5-9-18(17)21-19(22-20)14-23-12-10-16(11-13-23)15-6-2-1-3-7-15/h1-10H,11-14H2,(H,21,22,24)/p+1. The van der Waals surface area contributed by atoms with Crippen LogP contribution in [0, 0.1) is 0 Å². The third-order valence-corrected chi connectivity index (χ3v) is 4.61. The van der Waals surface area contributed by atoms with Crippen LogP contribution in [0.15, 0.2) is 65.5 Å². The van der Waals surface area contributed by atoms with E-state index in [4.69, 9.17) is 0 Å². The number of aromatic nitrogens is 2. The van der Waals surface area contributed by atoms with Gasteiger partial charge in [0.15, 0.2) is 5.82 Å². The monoisotopic (exact) mass is 318 g/mol. The summed E-state index contributed by atoms with van der Waals surface area (Å²) in [7, 11) is 0. The second-order valence-electron chi connectivity index (χ2n) is 6.26. The maximum atomic E-state index is 12.2. The lowest BCUT2D eigenvalue weighted by Gasteiger charge is -2.23. The van der Waals surface area contributed by atoms with Gasteiger partial charge in [-0.2, -0.15) is 0 Å². The highest BCUT2D eigenvalue weighted by Gasteiger charge is 2.17. The topological polar surface area (TPSA) is 50.2 Å². The van der Waals surface area contributed by atoms with Crippen LogP contribution in [-0.2, 0) is 6.54 Å². The van der Waals surface area contributed by atoms with Crippen molar-refractivity contribution >= 4 is 16.5 Å². The Morgan fingerprint density at radius 3 is 2.62 bits per heavy atom. The number of benzene rings is 2. The second-order valence-corrected chi connectivity index (χ2v) is 6.26. The molecule has 2 heterocycles. The van der Waals surface area contributed by atoms with Gasteiger partial charge in [0, 0.05) is 6.42 Å². The van der Waals surface area contributed by atoms with Crippen molar-refractivity contribution in [1.82, 2.24) is 9.97 Å². The van der Waals surface area contributed by atoms with Gasteiger partial charge >= 0.3 is 0 Å². The van der Waals surface area contributed by atoms with E-state index in [0.29, 0.717) is 5.39 Å². The normalized spacial score (nSPS) is 17.7. The molecule has 2 aromatic carbocycles. The van der Waals surface area contributed by atoms with Gasteiger partial charge in [-0.1, -0.05) is 42.5 Å². The van der Waals surface area contributed by atoms with Crippen LogP contribution >= 0.6 is 0 Å². The van der Waals surface area contributed by atoms with Gasteiger partial charge in [-0.25, -0.2) is 4.98 Å². The van der Waals surface area contributed by atoms with Crippen LogP contribution in [0.5, 0.6) is 0 Å². The minimum absolute atomic E-state index is 0.0486. The molecule has 1 aliphatic rings. The molecule has 0 saturated carbocycles. The molecule has 4 nitrogen and oxygen atoms in total. The third-order valence-electron chi connectivity index (χ3n) is 4.61. The van der Waals surface area contributed by atoms with E-state index in [1.54, 1.807) is 0 Å². The lowest BCUT2D eigenvalue weighted by atomic mass is 10.00. The van der Waals surface area contributed by atoms with E-state index in [-0.39, 0.29) is 5.56 Å². The number of quaternary nitrogens is 1. The van der Waals surface area contributed by atoms with Gasteiger partial charge in [0.05, 0.1) is 24.0 Å².